The van der Waals surface area contributed by atoms with Crippen molar-refractivity contribution in [1.82, 2.24) is 0 Å². The average Bonchev–Trinajstić information content (AvgIpc) is 2.77. The number of rotatable bonds is 12. The summed E-state index contributed by atoms with van der Waals surface area (Å²) in [5.74, 6) is -1.89. The van der Waals surface area contributed by atoms with Crippen LogP contribution in [-0.2, 0) is 38.1 Å². The molecule has 31 heavy (non-hydrogen) atoms. The zero-order valence-corrected chi connectivity index (χ0v) is 18.4. The van der Waals surface area contributed by atoms with Crippen molar-refractivity contribution in [2.75, 3.05) is 13.2 Å². The van der Waals surface area contributed by atoms with E-state index in [0.717, 1.165) is 51.4 Å². The van der Waals surface area contributed by atoms with Crippen LogP contribution in [0.2, 0.25) is 0 Å². The SMILES string of the molecule is O=C(CCCCCC(=O)OCC(=O)OC1CCCCC1)OCC(=O)OC1CCCCC1. The average molecular weight is 441 g/mol. The predicted octanol–water partition coefficient (Wildman–Crippen LogP) is 3.78. The first-order valence-corrected chi connectivity index (χ1v) is 11.7. The molecule has 2 rings (SSSR count). The first kappa shape index (κ1) is 25.1. The summed E-state index contributed by atoms with van der Waals surface area (Å²) in [6.07, 6.45) is 12.1. The van der Waals surface area contributed by atoms with Crippen molar-refractivity contribution in [3.63, 3.8) is 0 Å². The van der Waals surface area contributed by atoms with E-state index in [1.165, 1.54) is 12.8 Å². The smallest absolute Gasteiger partial charge is 0.344 e. The molecule has 2 fully saturated rings. The lowest BCUT2D eigenvalue weighted by atomic mass is 9.98. The Bertz CT molecular complexity index is 526. The Hall–Kier alpha value is -2.12. The van der Waals surface area contributed by atoms with Gasteiger partial charge in [-0.15, -0.1) is 0 Å². The van der Waals surface area contributed by atoms with Crippen LogP contribution in [0.4, 0.5) is 0 Å². The molecule has 0 bridgehead atoms. The van der Waals surface area contributed by atoms with E-state index < -0.39 is 23.9 Å². The van der Waals surface area contributed by atoms with Crippen LogP contribution in [-0.4, -0.2) is 49.3 Å². The fourth-order valence-electron chi connectivity index (χ4n) is 3.94. The van der Waals surface area contributed by atoms with Crippen molar-refractivity contribution in [2.24, 2.45) is 0 Å². The van der Waals surface area contributed by atoms with Gasteiger partial charge in [-0.1, -0.05) is 19.3 Å². The Balaban J connectivity index is 1.42. The molecule has 0 aromatic rings. The summed E-state index contributed by atoms with van der Waals surface area (Å²) in [6.45, 7) is -0.697. The van der Waals surface area contributed by atoms with Gasteiger partial charge in [0.15, 0.2) is 13.2 Å². The molecule has 176 valence electrons. The summed E-state index contributed by atoms with van der Waals surface area (Å²) in [7, 11) is 0. The Kier molecular flexibility index (Phi) is 12.0. The topological polar surface area (TPSA) is 105 Å². The van der Waals surface area contributed by atoms with E-state index in [-0.39, 0.29) is 38.3 Å². The van der Waals surface area contributed by atoms with Crippen LogP contribution in [0, 0.1) is 0 Å². The zero-order chi connectivity index (χ0) is 22.3. The molecule has 0 radical (unpaired) electrons. The molecule has 0 aromatic heterocycles. The molecule has 0 aromatic carbocycles. The van der Waals surface area contributed by atoms with Gasteiger partial charge in [0.2, 0.25) is 0 Å². The molecule has 0 aliphatic heterocycles. The lowest BCUT2D eigenvalue weighted by Crippen LogP contribution is -2.24. The molecule has 0 N–H and O–H groups in total. The summed E-state index contributed by atoms with van der Waals surface area (Å²) in [5.41, 5.74) is 0. The van der Waals surface area contributed by atoms with Gasteiger partial charge < -0.3 is 18.9 Å². The second-order valence-electron chi connectivity index (χ2n) is 8.38. The van der Waals surface area contributed by atoms with Gasteiger partial charge in [0.25, 0.3) is 0 Å². The molecular formula is C23H36O8. The van der Waals surface area contributed by atoms with Crippen LogP contribution >= 0.6 is 0 Å². The van der Waals surface area contributed by atoms with Crippen LogP contribution in [0.25, 0.3) is 0 Å². The minimum Gasteiger partial charge on any atom is -0.460 e. The second-order valence-corrected chi connectivity index (χ2v) is 8.38. The van der Waals surface area contributed by atoms with E-state index in [4.69, 9.17) is 18.9 Å². The number of carbonyl (C=O) groups excluding carboxylic acids is 4. The number of hydrogen-bond donors (Lipinski definition) is 0. The number of ether oxygens (including phenoxy) is 4. The molecule has 0 saturated heterocycles. The first-order chi connectivity index (χ1) is 15.0. The lowest BCUT2D eigenvalue weighted by Gasteiger charge is -2.21. The standard InChI is InChI=1S/C23H36O8/c24-20(28-16-22(26)30-18-10-4-1-5-11-18)14-8-3-9-15-21(25)29-17-23(27)31-19-12-6-2-7-13-19/h18-19H,1-17H2. The van der Waals surface area contributed by atoms with Crippen LogP contribution in [0.3, 0.4) is 0 Å². The van der Waals surface area contributed by atoms with E-state index in [0.29, 0.717) is 19.3 Å². The molecule has 8 heteroatoms. The van der Waals surface area contributed by atoms with E-state index in [9.17, 15) is 19.2 Å². The molecule has 0 amide bonds. The highest BCUT2D eigenvalue weighted by Gasteiger charge is 2.19. The van der Waals surface area contributed by atoms with Gasteiger partial charge in [0, 0.05) is 12.8 Å². The van der Waals surface area contributed by atoms with Crippen molar-refractivity contribution < 1.29 is 38.1 Å². The minimum absolute atomic E-state index is 0.0474. The summed E-state index contributed by atoms with van der Waals surface area (Å²) >= 11 is 0. The third kappa shape index (κ3) is 11.7. The molecule has 0 unspecified atom stereocenters. The largest absolute Gasteiger partial charge is 0.460 e. The highest BCUT2D eigenvalue weighted by atomic mass is 16.6. The molecule has 0 spiro atoms. The van der Waals surface area contributed by atoms with E-state index in [1.807, 2.05) is 0 Å². The van der Waals surface area contributed by atoms with Crippen LogP contribution in [0.1, 0.15) is 96.3 Å². The second kappa shape index (κ2) is 14.8. The van der Waals surface area contributed by atoms with Crippen molar-refractivity contribution in [3.05, 3.63) is 0 Å². The fourth-order valence-corrected chi connectivity index (χ4v) is 3.94. The summed E-state index contributed by atoms with van der Waals surface area (Å²) in [5, 5.41) is 0. The van der Waals surface area contributed by atoms with Gasteiger partial charge in [-0.25, -0.2) is 9.59 Å². The van der Waals surface area contributed by atoms with Gasteiger partial charge in [0.1, 0.15) is 12.2 Å². The minimum atomic E-state index is -0.495. The van der Waals surface area contributed by atoms with Crippen LogP contribution in [0.15, 0.2) is 0 Å². The van der Waals surface area contributed by atoms with E-state index >= 15 is 0 Å². The van der Waals surface area contributed by atoms with Crippen molar-refractivity contribution in [3.8, 4) is 0 Å². The maximum atomic E-state index is 11.7. The quantitative estimate of drug-likeness (QED) is 0.256. The Labute approximate surface area is 184 Å². The molecule has 2 aliphatic carbocycles. The summed E-state index contributed by atoms with van der Waals surface area (Å²) < 4.78 is 20.5. The maximum absolute atomic E-state index is 11.7. The van der Waals surface area contributed by atoms with E-state index in [1.54, 1.807) is 0 Å². The molecule has 0 heterocycles. The molecule has 2 saturated carbocycles. The summed E-state index contributed by atoms with van der Waals surface area (Å²) in [6, 6.07) is 0. The number of esters is 4. The van der Waals surface area contributed by atoms with Crippen molar-refractivity contribution in [2.45, 2.75) is 109 Å². The number of hydrogen-bond acceptors (Lipinski definition) is 8. The molecule has 2 aliphatic rings. The highest BCUT2D eigenvalue weighted by Crippen LogP contribution is 2.21. The lowest BCUT2D eigenvalue weighted by molar-refractivity contribution is -0.163. The highest BCUT2D eigenvalue weighted by molar-refractivity contribution is 5.77. The Morgan fingerprint density at radius 1 is 0.516 bits per heavy atom. The third-order valence-corrected chi connectivity index (χ3v) is 5.66. The van der Waals surface area contributed by atoms with E-state index in [2.05, 4.69) is 0 Å². The monoisotopic (exact) mass is 440 g/mol. The van der Waals surface area contributed by atoms with Crippen LogP contribution < -0.4 is 0 Å². The molecule has 0 atom stereocenters. The van der Waals surface area contributed by atoms with Gasteiger partial charge in [-0.05, 0) is 64.2 Å². The van der Waals surface area contributed by atoms with Crippen molar-refractivity contribution >= 4 is 23.9 Å². The molecular weight excluding hydrogens is 404 g/mol. The predicted molar refractivity (Wildman–Crippen MR) is 111 cm³/mol. The van der Waals surface area contributed by atoms with Gasteiger partial charge >= 0.3 is 23.9 Å². The first-order valence-electron chi connectivity index (χ1n) is 11.7. The Morgan fingerprint density at radius 2 is 0.903 bits per heavy atom. The number of unbranched alkanes of at least 4 members (excludes halogenated alkanes) is 2. The summed E-state index contributed by atoms with van der Waals surface area (Å²) in [4.78, 5) is 46.8. The van der Waals surface area contributed by atoms with Crippen molar-refractivity contribution in [1.29, 1.82) is 0 Å². The number of carbonyl (C=O) groups is 4. The zero-order valence-electron chi connectivity index (χ0n) is 18.4. The third-order valence-electron chi connectivity index (χ3n) is 5.66. The molecule has 8 nitrogen and oxygen atoms in total. The van der Waals surface area contributed by atoms with Gasteiger partial charge in [-0.3, -0.25) is 9.59 Å². The maximum Gasteiger partial charge on any atom is 0.344 e. The van der Waals surface area contributed by atoms with Gasteiger partial charge in [-0.2, -0.15) is 0 Å². The fraction of sp³-hybridized carbons (Fsp3) is 0.826. The van der Waals surface area contributed by atoms with Crippen LogP contribution in [0.5, 0.6) is 0 Å². The van der Waals surface area contributed by atoms with Gasteiger partial charge in [0.05, 0.1) is 0 Å². The Morgan fingerprint density at radius 3 is 1.29 bits per heavy atom. The normalized spacial score (nSPS) is 17.5.